The van der Waals surface area contributed by atoms with E-state index >= 15 is 0 Å². The summed E-state index contributed by atoms with van der Waals surface area (Å²) in [6.45, 7) is 4.43. The second-order valence-electron chi connectivity index (χ2n) is 5.35. The molecule has 0 aromatic rings. The van der Waals surface area contributed by atoms with Crippen LogP contribution in [0.5, 0.6) is 0 Å². The number of nitrogens with zero attached hydrogens (tertiary/aromatic N) is 2. The van der Waals surface area contributed by atoms with Gasteiger partial charge in [0.25, 0.3) is 0 Å². The van der Waals surface area contributed by atoms with E-state index in [4.69, 9.17) is 0 Å². The van der Waals surface area contributed by atoms with Gasteiger partial charge in [0.2, 0.25) is 6.54 Å². The highest BCUT2D eigenvalue weighted by atomic mass is 16.6. The van der Waals surface area contributed by atoms with E-state index in [0.717, 1.165) is 25.9 Å². The summed E-state index contributed by atoms with van der Waals surface area (Å²) in [6.07, 6.45) is 8.33. The van der Waals surface area contributed by atoms with E-state index in [1.165, 1.54) is 25.0 Å². The third kappa shape index (κ3) is 2.99. The van der Waals surface area contributed by atoms with Crippen LogP contribution >= 0.6 is 0 Å². The van der Waals surface area contributed by atoms with Gasteiger partial charge in [0.15, 0.2) is 0 Å². The first-order valence-electron chi connectivity index (χ1n) is 6.75. The van der Waals surface area contributed by atoms with E-state index < -0.39 is 0 Å². The van der Waals surface area contributed by atoms with E-state index in [1.54, 1.807) is 0 Å². The molecule has 0 radical (unpaired) electrons. The average Bonchev–Trinajstić information content (AvgIpc) is 2.81. The van der Waals surface area contributed by atoms with Gasteiger partial charge in [-0.25, -0.2) is 0 Å². The SMILES string of the molecule is C[C@@H](C[N+](=O)[O-])[C@H]1CCCC=C1N1CCCC1. The van der Waals surface area contributed by atoms with E-state index in [2.05, 4.69) is 11.0 Å². The van der Waals surface area contributed by atoms with Crippen LogP contribution < -0.4 is 0 Å². The molecule has 0 unspecified atom stereocenters. The summed E-state index contributed by atoms with van der Waals surface area (Å²) in [4.78, 5) is 12.9. The summed E-state index contributed by atoms with van der Waals surface area (Å²) in [7, 11) is 0. The van der Waals surface area contributed by atoms with Gasteiger partial charge >= 0.3 is 0 Å². The molecule has 96 valence electrons. The number of rotatable bonds is 4. The fraction of sp³-hybridized carbons (Fsp3) is 0.846. The van der Waals surface area contributed by atoms with Crippen LogP contribution in [0.4, 0.5) is 0 Å². The zero-order chi connectivity index (χ0) is 12.3. The Balaban J connectivity index is 2.05. The number of likely N-dealkylation sites (tertiary alicyclic amines) is 1. The van der Waals surface area contributed by atoms with Gasteiger partial charge in [0, 0.05) is 35.5 Å². The third-order valence-electron chi connectivity index (χ3n) is 4.05. The molecule has 0 spiro atoms. The lowest BCUT2D eigenvalue weighted by molar-refractivity contribution is -0.489. The van der Waals surface area contributed by atoms with Crippen molar-refractivity contribution in [3.63, 3.8) is 0 Å². The molecule has 0 bridgehead atoms. The van der Waals surface area contributed by atoms with Crippen molar-refractivity contribution in [1.82, 2.24) is 4.90 Å². The first-order chi connectivity index (χ1) is 8.18. The van der Waals surface area contributed by atoms with Crippen molar-refractivity contribution >= 4 is 0 Å². The maximum atomic E-state index is 10.7. The molecule has 1 heterocycles. The molecular weight excluding hydrogens is 216 g/mol. The summed E-state index contributed by atoms with van der Waals surface area (Å²) in [5, 5.41) is 10.7. The Kier molecular flexibility index (Phi) is 4.02. The van der Waals surface area contributed by atoms with Gasteiger partial charge in [-0.05, 0) is 32.1 Å². The van der Waals surface area contributed by atoms with Crippen molar-refractivity contribution in [2.45, 2.75) is 39.0 Å². The molecule has 2 aliphatic rings. The van der Waals surface area contributed by atoms with Gasteiger partial charge in [0.1, 0.15) is 0 Å². The fourth-order valence-electron chi connectivity index (χ4n) is 3.16. The van der Waals surface area contributed by atoms with Gasteiger partial charge in [-0.3, -0.25) is 10.1 Å². The minimum Gasteiger partial charge on any atom is -0.375 e. The molecular formula is C13H22N2O2. The molecule has 1 aliphatic heterocycles. The highest BCUT2D eigenvalue weighted by Crippen LogP contribution is 2.34. The Morgan fingerprint density at radius 2 is 2.18 bits per heavy atom. The molecule has 2 rings (SSSR count). The number of nitro groups is 1. The number of allylic oxidation sites excluding steroid dienone is 2. The topological polar surface area (TPSA) is 46.4 Å². The van der Waals surface area contributed by atoms with Crippen molar-refractivity contribution < 1.29 is 4.92 Å². The van der Waals surface area contributed by atoms with E-state index in [1.807, 2.05) is 6.92 Å². The van der Waals surface area contributed by atoms with E-state index in [-0.39, 0.29) is 17.4 Å². The smallest absolute Gasteiger partial charge is 0.207 e. The van der Waals surface area contributed by atoms with Crippen LogP contribution in [0.15, 0.2) is 11.8 Å². The predicted octanol–water partition coefficient (Wildman–Crippen LogP) is 2.68. The summed E-state index contributed by atoms with van der Waals surface area (Å²) in [5.74, 6) is 0.574. The Bertz CT molecular complexity index is 309. The van der Waals surface area contributed by atoms with Crippen LogP contribution in [0.3, 0.4) is 0 Å². The number of hydrogen-bond acceptors (Lipinski definition) is 3. The van der Waals surface area contributed by atoms with Crippen LogP contribution in [-0.4, -0.2) is 29.5 Å². The molecule has 0 N–H and O–H groups in total. The van der Waals surface area contributed by atoms with Gasteiger partial charge in [0.05, 0.1) is 0 Å². The van der Waals surface area contributed by atoms with Gasteiger partial charge in [-0.15, -0.1) is 0 Å². The van der Waals surface area contributed by atoms with Crippen molar-refractivity contribution in [1.29, 1.82) is 0 Å². The maximum Gasteiger partial charge on any atom is 0.207 e. The Hall–Kier alpha value is -1.06. The van der Waals surface area contributed by atoms with Crippen LogP contribution in [0.1, 0.15) is 39.0 Å². The molecule has 1 saturated heterocycles. The molecule has 2 atom stereocenters. The molecule has 4 nitrogen and oxygen atoms in total. The molecule has 0 amide bonds. The molecule has 0 aromatic heterocycles. The predicted molar refractivity (Wildman–Crippen MR) is 67.3 cm³/mol. The Morgan fingerprint density at radius 1 is 1.47 bits per heavy atom. The maximum absolute atomic E-state index is 10.7. The van der Waals surface area contributed by atoms with Crippen LogP contribution in [-0.2, 0) is 0 Å². The summed E-state index contributed by atoms with van der Waals surface area (Å²) < 4.78 is 0. The molecule has 1 aliphatic carbocycles. The van der Waals surface area contributed by atoms with Crippen molar-refractivity contribution in [3.8, 4) is 0 Å². The average molecular weight is 238 g/mol. The standard InChI is InChI=1S/C13H22N2O2/c1-11(10-15(16)17)12-6-2-3-7-13(12)14-8-4-5-9-14/h7,11-12H,2-6,8-10H2,1H3/t11-,12+/m0/s1. The molecule has 0 saturated carbocycles. The lowest BCUT2D eigenvalue weighted by Gasteiger charge is -2.34. The Morgan fingerprint density at radius 3 is 2.82 bits per heavy atom. The van der Waals surface area contributed by atoms with E-state index in [9.17, 15) is 10.1 Å². The monoisotopic (exact) mass is 238 g/mol. The third-order valence-corrected chi connectivity index (χ3v) is 4.05. The second kappa shape index (κ2) is 5.52. The van der Waals surface area contributed by atoms with Crippen LogP contribution in [0.25, 0.3) is 0 Å². The minimum atomic E-state index is -0.166. The van der Waals surface area contributed by atoms with E-state index in [0.29, 0.717) is 5.92 Å². The molecule has 17 heavy (non-hydrogen) atoms. The number of hydrogen-bond donors (Lipinski definition) is 0. The zero-order valence-corrected chi connectivity index (χ0v) is 10.6. The summed E-state index contributed by atoms with van der Waals surface area (Å²) in [6, 6.07) is 0. The van der Waals surface area contributed by atoms with Crippen LogP contribution in [0.2, 0.25) is 0 Å². The van der Waals surface area contributed by atoms with Crippen LogP contribution in [0, 0.1) is 22.0 Å². The molecule has 0 aromatic carbocycles. The highest BCUT2D eigenvalue weighted by Gasteiger charge is 2.30. The zero-order valence-electron chi connectivity index (χ0n) is 10.6. The summed E-state index contributed by atoms with van der Waals surface area (Å²) >= 11 is 0. The lowest BCUT2D eigenvalue weighted by atomic mass is 9.82. The second-order valence-corrected chi connectivity index (χ2v) is 5.35. The summed E-state index contributed by atoms with van der Waals surface area (Å²) in [5.41, 5.74) is 1.41. The first-order valence-corrected chi connectivity index (χ1v) is 6.75. The molecule has 1 fully saturated rings. The first kappa shape index (κ1) is 12.4. The van der Waals surface area contributed by atoms with Crippen molar-refractivity contribution in [2.75, 3.05) is 19.6 Å². The van der Waals surface area contributed by atoms with Gasteiger partial charge < -0.3 is 4.90 Å². The Labute approximate surface area is 103 Å². The van der Waals surface area contributed by atoms with Gasteiger partial charge in [-0.2, -0.15) is 0 Å². The van der Waals surface area contributed by atoms with Gasteiger partial charge in [-0.1, -0.05) is 13.0 Å². The highest BCUT2D eigenvalue weighted by molar-refractivity contribution is 5.11. The largest absolute Gasteiger partial charge is 0.375 e. The lowest BCUT2D eigenvalue weighted by Crippen LogP contribution is -2.32. The fourth-order valence-corrected chi connectivity index (χ4v) is 3.16. The van der Waals surface area contributed by atoms with Crippen molar-refractivity contribution in [2.24, 2.45) is 11.8 Å². The minimum absolute atomic E-state index is 0.107. The normalized spacial score (nSPS) is 26.8. The quantitative estimate of drug-likeness (QED) is 0.559. The van der Waals surface area contributed by atoms with Crippen molar-refractivity contribution in [3.05, 3.63) is 21.9 Å². The molecule has 4 heteroatoms.